The van der Waals surface area contributed by atoms with E-state index < -0.39 is 0 Å². The first-order valence-corrected chi connectivity index (χ1v) is 8.62. The summed E-state index contributed by atoms with van der Waals surface area (Å²) in [6.07, 6.45) is 3.17. The van der Waals surface area contributed by atoms with Gasteiger partial charge in [0.25, 0.3) is 5.91 Å². The van der Waals surface area contributed by atoms with Crippen molar-refractivity contribution in [3.63, 3.8) is 0 Å². The highest BCUT2D eigenvalue weighted by atomic mass is 35.5. The number of carbonyl (C=O) groups is 1. The predicted molar refractivity (Wildman–Crippen MR) is 104 cm³/mol. The Balaban J connectivity index is 0.00000144. The summed E-state index contributed by atoms with van der Waals surface area (Å²) in [6, 6.07) is 10.1. The minimum atomic E-state index is -0.00326. The molecule has 132 valence electrons. The van der Waals surface area contributed by atoms with Gasteiger partial charge in [0.05, 0.1) is 0 Å². The lowest BCUT2D eigenvalue weighted by Gasteiger charge is -2.37. The number of likely N-dealkylation sites (tertiary alicyclic amines) is 1. The van der Waals surface area contributed by atoms with Gasteiger partial charge in [-0.3, -0.25) is 4.79 Å². The fourth-order valence-electron chi connectivity index (χ4n) is 2.99. The standard InChI is InChI=1S/C17H21N3OS.2ClH/c1-12(18)15-9-5-6-10-20(15)17(21)14-11-22-16(19-14)13-7-3-2-4-8-13;;/h2-4,7-8,11-12,15H,5-6,9-10,18H2,1H3;2*1H. The van der Waals surface area contributed by atoms with E-state index in [9.17, 15) is 4.79 Å². The zero-order chi connectivity index (χ0) is 15.5. The van der Waals surface area contributed by atoms with E-state index in [0.717, 1.165) is 36.4 Å². The normalized spacial score (nSPS) is 18.2. The molecule has 2 N–H and O–H groups in total. The Labute approximate surface area is 159 Å². The van der Waals surface area contributed by atoms with E-state index >= 15 is 0 Å². The lowest BCUT2D eigenvalue weighted by Crippen LogP contribution is -2.51. The summed E-state index contributed by atoms with van der Waals surface area (Å²) < 4.78 is 0. The van der Waals surface area contributed by atoms with Crippen LogP contribution < -0.4 is 5.73 Å². The van der Waals surface area contributed by atoms with E-state index in [1.807, 2.05) is 47.5 Å². The van der Waals surface area contributed by atoms with Crippen LogP contribution in [0.2, 0.25) is 0 Å². The second-order valence-electron chi connectivity index (χ2n) is 5.82. The number of thiazole rings is 1. The van der Waals surface area contributed by atoms with Gasteiger partial charge in [-0.15, -0.1) is 36.2 Å². The molecule has 1 aromatic carbocycles. The number of nitrogens with zero attached hydrogens (tertiary/aromatic N) is 2. The van der Waals surface area contributed by atoms with E-state index in [2.05, 4.69) is 4.98 Å². The molecule has 1 aliphatic heterocycles. The number of nitrogens with two attached hydrogens (primary N) is 1. The number of amides is 1. The molecule has 7 heteroatoms. The minimum absolute atomic E-state index is 0. The summed E-state index contributed by atoms with van der Waals surface area (Å²) in [7, 11) is 0. The molecule has 0 spiro atoms. The smallest absolute Gasteiger partial charge is 0.273 e. The minimum Gasteiger partial charge on any atom is -0.333 e. The second kappa shape index (κ2) is 9.37. The average molecular weight is 388 g/mol. The zero-order valence-electron chi connectivity index (χ0n) is 13.6. The van der Waals surface area contributed by atoms with Crippen molar-refractivity contribution in [2.75, 3.05) is 6.54 Å². The molecule has 1 saturated heterocycles. The number of rotatable bonds is 3. The fraction of sp³-hybridized carbons (Fsp3) is 0.412. The van der Waals surface area contributed by atoms with Crippen molar-refractivity contribution in [1.29, 1.82) is 0 Å². The molecule has 1 amide bonds. The third-order valence-electron chi connectivity index (χ3n) is 4.16. The highest BCUT2D eigenvalue weighted by Gasteiger charge is 2.30. The van der Waals surface area contributed by atoms with Crippen LogP contribution in [-0.2, 0) is 0 Å². The molecule has 1 aromatic heterocycles. The van der Waals surface area contributed by atoms with E-state index in [0.29, 0.717) is 5.69 Å². The number of hydrogen-bond acceptors (Lipinski definition) is 4. The van der Waals surface area contributed by atoms with E-state index in [1.165, 1.54) is 11.3 Å². The topological polar surface area (TPSA) is 59.2 Å². The summed E-state index contributed by atoms with van der Waals surface area (Å²) in [4.78, 5) is 19.2. The SMILES string of the molecule is CC(N)C1CCCCN1C(=O)c1csc(-c2ccccc2)n1.Cl.Cl. The summed E-state index contributed by atoms with van der Waals surface area (Å²) in [6.45, 7) is 2.76. The van der Waals surface area contributed by atoms with E-state index in [4.69, 9.17) is 5.73 Å². The van der Waals surface area contributed by atoms with Gasteiger partial charge in [0, 0.05) is 29.6 Å². The molecule has 4 nitrogen and oxygen atoms in total. The quantitative estimate of drug-likeness (QED) is 0.865. The lowest BCUT2D eigenvalue weighted by molar-refractivity contribution is 0.0578. The van der Waals surface area contributed by atoms with Crippen molar-refractivity contribution < 1.29 is 4.79 Å². The molecule has 0 radical (unpaired) electrons. The summed E-state index contributed by atoms with van der Waals surface area (Å²) in [5.74, 6) is 0.0143. The van der Waals surface area contributed by atoms with Gasteiger partial charge in [-0.25, -0.2) is 4.98 Å². The Bertz CT molecular complexity index is 648. The van der Waals surface area contributed by atoms with Crippen LogP contribution in [0.25, 0.3) is 10.6 Å². The van der Waals surface area contributed by atoms with Crippen LogP contribution in [0.4, 0.5) is 0 Å². The molecule has 0 saturated carbocycles. The highest BCUT2D eigenvalue weighted by Crippen LogP contribution is 2.26. The summed E-state index contributed by atoms with van der Waals surface area (Å²) in [5.41, 5.74) is 7.65. The van der Waals surface area contributed by atoms with Crippen LogP contribution in [0.5, 0.6) is 0 Å². The van der Waals surface area contributed by atoms with Crippen molar-refractivity contribution in [3.05, 3.63) is 41.4 Å². The third-order valence-corrected chi connectivity index (χ3v) is 5.05. The molecule has 3 rings (SSSR count). The van der Waals surface area contributed by atoms with Gasteiger partial charge in [-0.05, 0) is 26.2 Å². The van der Waals surface area contributed by atoms with Crippen molar-refractivity contribution >= 4 is 42.1 Å². The van der Waals surface area contributed by atoms with Gasteiger partial charge < -0.3 is 10.6 Å². The Kier molecular flexibility index (Phi) is 8.16. The molecule has 1 fully saturated rings. The first-order chi connectivity index (χ1) is 10.7. The van der Waals surface area contributed by atoms with Crippen LogP contribution >= 0.6 is 36.2 Å². The molecule has 0 bridgehead atoms. The summed E-state index contributed by atoms with van der Waals surface area (Å²) >= 11 is 1.51. The van der Waals surface area contributed by atoms with Gasteiger partial charge in [0.2, 0.25) is 0 Å². The van der Waals surface area contributed by atoms with Gasteiger partial charge in [-0.1, -0.05) is 30.3 Å². The average Bonchev–Trinajstić information content (AvgIpc) is 3.05. The highest BCUT2D eigenvalue weighted by molar-refractivity contribution is 7.13. The zero-order valence-corrected chi connectivity index (χ0v) is 16.0. The third kappa shape index (κ3) is 4.48. The lowest BCUT2D eigenvalue weighted by atomic mass is 9.96. The van der Waals surface area contributed by atoms with Gasteiger partial charge >= 0.3 is 0 Å². The number of carbonyl (C=O) groups excluding carboxylic acids is 1. The van der Waals surface area contributed by atoms with Gasteiger partial charge in [0.15, 0.2) is 0 Å². The van der Waals surface area contributed by atoms with Crippen molar-refractivity contribution in [1.82, 2.24) is 9.88 Å². The first kappa shape index (κ1) is 20.9. The molecule has 0 aliphatic carbocycles. The molecular weight excluding hydrogens is 365 g/mol. The predicted octanol–water partition coefficient (Wildman–Crippen LogP) is 4.00. The van der Waals surface area contributed by atoms with Crippen molar-refractivity contribution in [2.24, 2.45) is 5.73 Å². The summed E-state index contributed by atoms with van der Waals surface area (Å²) in [5, 5.41) is 2.75. The number of aromatic nitrogens is 1. The maximum Gasteiger partial charge on any atom is 0.273 e. The van der Waals surface area contributed by atoms with Crippen molar-refractivity contribution in [3.8, 4) is 10.6 Å². The number of benzene rings is 1. The van der Waals surface area contributed by atoms with Crippen LogP contribution in [0.3, 0.4) is 0 Å². The second-order valence-corrected chi connectivity index (χ2v) is 6.68. The van der Waals surface area contributed by atoms with Crippen LogP contribution in [0.1, 0.15) is 36.7 Å². The molecule has 24 heavy (non-hydrogen) atoms. The Hall–Kier alpha value is -1.14. The van der Waals surface area contributed by atoms with Crippen molar-refractivity contribution in [2.45, 2.75) is 38.3 Å². The Morgan fingerprint density at radius 3 is 2.67 bits per heavy atom. The van der Waals surface area contributed by atoms with Crippen LogP contribution in [-0.4, -0.2) is 34.4 Å². The van der Waals surface area contributed by atoms with Gasteiger partial charge in [0.1, 0.15) is 10.7 Å². The van der Waals surface area contributed by atoms with Crippen LogP contribution in [0.15, 0.2) is 35.7 Å². The van der Waals surface area contributed by atoms with Gasteiger partial charge in [-0.2, -0.15) is 0 Å². The monoisotopic (exact) mass is 387 g/mol. The number of piperidine rings is 1. The first-order valence-electron chi connectivity index (χ1n) is 7.74. The largest absolute Gasteiger partial charge is 0.333 e. The molecule has 2 unspecified atom stereocenters. The number of halogens is 2. The molecular formula is C17H23Cl2N3OS. The van der Waals surface area contributed by atoms with Crippen LogP contribution in [0, 0.1) is 0 Å². The molecule has 2 aromatic rings. The number of hydrogen-bond donors (Lipinski definition) is 1. The maximum atomic E-state index is 12.8. The molecule has 2 heterocycles. The van der Waals surface area contributed by atoms with E-state index in [1.54, 1.807) is 0 Å². The fourth-order valence-corrected chi connectivity index (χ4v) is 3.79. The Morgan fingerprint density at radius 1 is 1.29 bits per heavy atom. The molecule has 2 atom stereocenters. The van der Waals surface area contributed by atoms with E-state index in [-0.39, 0.29) is 42.8 Å². The Morgan fingerprint density at radius 2 is 2.00 bits per heavy atom. The molecule has 1 aliphatic rings. The maximum absolute atomic E-state index is 12.8.